The maximum absolute atomic E-state index is 11.7. The maximum Gasteiger partial charge on any atom is 0.407 e. The summed E-state index contributed by atoms with van der Waals surface area (Å²) >= 11 is 0. The van der Waals surface area contributed by atoms with Gasteiger partial charge in [0.2, 0.25) is 5.91 Å². The van der Waals surface area contributed by atoms with Crippen molar-refractivity contribution < 1.29 is 19.1 Å². The molecule has 0 aliphatic carbocycles. The highest BCUT2D eigenvalue weighted by Crippen LogP contribution is 2.00. The second-order valence-corrected chi connectivity index (χ2v) is 5.21. The average Bonchev–Trinajstić information content (AvgIpc) is 2.61. The van der Waals surface area contributed by atoms with Crippen LogP contribution in [0.4, 0.5) is 4.79 Å². The van der Waals surface area contributed by atoms with E-state index in [1.165, 1.54) is 0 Å². The molecular formula is C16H23N5O4. The van der Waals surface area contributed by atoms with Gasteiger partial charge in [0.15, 0.2) is 5.96 Å². The Morgan fingerprint density at radius 2 is 1.96 bits per heavy atom. The normalized spacial score (nSPS) is 11.0. The molecule has 1 rings (SSSR count). The first kappa shape index (κ1) is 19.9. The van der Waals surface area contributed by atoms with Crippen molar-refractivity contribution in [2.24, 2.45) is 5.73 Å². The summed E-state index contributed by atoms with van der Waals surface area (Å²) in [7, 11) is 0. The first-order chi connectivity index (χ1) is 12.0. The molecule has 25 heavy (non-hydrogen) atoms. The predicted molar refractivity (Wildman–Crippen MR) is 91.8 cm³/mol. The van der Waals surface area contributed by atoms with Crippen LogP contribution in [0.1, 0.15) is 18.4 Å². The van der Waals surface area contributed by atoms with Gasteiger partial charge in [-0.3, -0.25) is 10.2 Å². The number of carbonyl (C=O) groups excluding carboxylic acids is 3. The molecule has 2 amide bonds. The third-order valence-electron chi connectivity index (χ3n) is 3.12. The van der Waals surface area contributed by atoms with Gasteiger partial charge in [-0.1, -0.05) is 30.3 Å². The lowest BCUT2D eigenvalue weighted by Crippen LogP contribution is -2.43. The van der Waals surface area contributed by atoms with E-state index in [0.717, 1.165) is 5.56 Å². The van der Waals surface area contributed by atoms with Crippen LogP contribution in [0.2, 0.25) is 0 Å². The lowest BCUT2D eigenvalue weighted by molar-refractivity contribution is -0.123. The average molecular weight is 349 g/mol. The largest absolute Gasteiger partial charge is 0.445 e. The van der Waals surface area contributed by atoms with Crippen molar-refractivity contribution in [3.05, 3.63) is 35.9 Å². The summed E-state index contributed by atoms with van der Waals surface area (Å²) in [6.07, 6.45) is 0.857. The summed E-state index contributed by atoms with van der Waals surface area (Å²) in [6.45, 7) is 0.248. The van der Waals surface area contributed by atoms with Crippen molar-refractivity contribution in [2.75, 3.05) is 13.1 Å². The van der Waals surface area contributed by atoms with Crippen LogP contribution >= 0.6 is 0 Å². The zero-order valence-electron chi connectivity index (χ0n) is 13.8. The summed E-state index contributed by atoms with van der Waals surface area (Å²) in [6, 6.07) is 8.48. The molecule has 1 aromatic rings. The quantitative estimate of drug-likeness (QED) is 0.172. The Morgan fingerprint density at radius 1 is 1.24 bits per heavy atom. The summed E-state index contributed by atoms with van der Waals surface area (Å²) < 4.78 is 4.97. The number of amides is 2. The molecule has 0 fully saturated rings. The van der Waals surface area contributed by atoms with Crippen LogP contribution in [0, 0.1) is 5.41 Å². The molecule has 0 spiro atoms. The van der Waals surface area contributed by atoms with E-state index >= 15 is 0 Å². The third-order valence-corrected chi connectivity index (χ3v) is 3.12. The van der Waals surface area contributed by atoms with Crippen LogP contribution in [-0.2, 0) is 20.9 Å². The lowest BCUT2D eigenvalue weighted by Gasteiger charge is -2.13. The van der Waals surface area contributed by atoms with E-state index in [0.29, 0.717) is 25.7 Å². The van der Waals surface area contributed by atoms with Crippen LogP contribution in [0.5, 0.6) is 0 Å². The van der Waals surface area contributed by atoms with E-state index in [1.54, 1.807) is 0 Å². The Morgan fingerprint density at radius 3 is 2.60 bits per heavy atom. The summed E-state index contributed by atoms with van der Waals surface area (Å²) in [5, 5.41) is 14.4. The summed E-state index contributed by atoms with van der Waals surface area (Å²) in [5.41, 5.74) is 5.97. The summed E-state index contributed by atoms with van der Waals surface area (Å²) in [5.74, 6) is -0.641. The van der Waals surface area contributed by atoms with Crippen LogP contribution in [0.3, 0.4) is 0 Å². The van der Waals surface area contributed by atoms with Gasteiger partial charge >= 0.3 is 6.09 Å². The van der Waals surface area contributed by atoms with Crippen molar-refractivity contribution in [1.82, 2.24) is 16.0 Å². The Kier molecular flexibility index (Phi) is 9.13. The minimum atomic E-state index is -0.715. The Bertz CT molecular complexity index is 579. The maximum atomic E-state index is 11.7. The Balaban J connectivity index is 2.20. The molecule has 9 heteroatoms. The van der Waals surface area contributed by atoms with E-state index in [4.69, 9.17) is 15.9 Å². The number of carbonyl (C=O) groups is 3. The molecule has 0 aromatic heterocycles. The summed E-state index contributed by atoms with van der Waals surface area (Å²) in [4.78, 5) is 34.2. The topological polar surface area (TPSA) is 146 Å². The van der Waals surface area contributed by atoms with Crippen LogP contribution in [0.25, 0.3) is 0 Å². The Hall–Kier alpha value is -3.10. The highest BCUT2D eigenvalue weighted by molar-refractivity contribution is 5.84. The molecule has 1 unspecified atom stereocenters. The molecule has 0 saturated heterocycles. The number of hydrogen-bond donors (Lipinski definition) is 5. The number of rotatable bonds is 10. The van der Waals surface area contributed by atoms with Gasteiger partial charge < -0.3 is 31.2 Å². The molecule has 0 aliphatic rings. The van der Waals surface area contributed by atoms with Crippen LogP contribution in [0.15, 0.2) is 30.3 Å². The molecule has 0 radical (unpaired) electrons. The molecule has 6 N–H and O–H groups in total. The van der Waals surface area contributed by atoms with E-state index < -0.39 is 18.0 Å². The first-order valence-electron chi connectivity index (χ1n) is 7.78. The number of aldehydes is 1. The fourth-order valence-corrected chi connectivity index (χ4v) is 1.90. The van der Waals surface area contributed by atoms with Crippen molar-refractivity contribution >= 4 is 24.2 Å². The zero-order chi connectivity index (χ0) is 18.5. The minimum absolute atomic E-state index is 0.106. The highest BCUT2D eigenvalue weighted by atomic mass is 16.5. The smallest absolute Gasteiger partial charge is 0.407 e. The molecule has 9 nitrogen and oxygen atoms in total. The van der Waals surface area contributed by atoms with Gasteiger partial charge in [0.25, 0.3) is 0 Å². The molecule has 1 atom stereocenters. The fourth-order valence-electron chi connectivity index (χ4n) is 1.90. The zero-order valence-corrected chi connectivity index (χ0v) is 13.8. The van der Waals surface area contributed by atoms with Crippen molar-refractivity contribution in [1.29, 1.82) is 5.41 Å². The van der Waals surface area contributed by atoms with Gasteiger partial charge in [-0.25, -0.2) is 4.79 Å². The second-order valence-electron chi connectivity index (χ2n) is 5.21. The van der Waals surface area contributed by atoms with Crippen molar-refractivity contribution in [2.45, 2.75) is 25.5 Å². The van der Waals surface area contributed by atoms with Crippen molar-refractivity contribution in [3.8, 4) is 0 Å². The van der Waals surface area contributed by atoms with Crippen molar-refractivity contribution in [3.63, 3.8) is 0 Å². The molecule has 1 aromatic carbocycles. The standard InChI is InChI=1S/C16H23N5O4/c17-15(18)19-8-4-7-13(10-22)21-14(23)9-20-16(24)25-11-12-5-2-1-3-6-12/h1-3,5-6,10,13H,4,7-9,11H2,(H,20,24)(H,21,23)(H4,17,18,19). The van der Waals surface area contributed by atoms with Gasteiger partial charge in [-0.2, -0.15) is 0 Å². The lowest BCUT2D eigenvalue weighted by atomic mass is 10.2. The molecule has 136 valence electrons. The minimum Gasteiger partial charge on any atom is -0.445 e. The monoisotopic (exact) mass is 349 g/mol. The Labute approximate surface area is 145 Å². The predicted octanol–water partition coefficient (Wildman–Crippen LogP) is -0.140. The first-order valence-corrected chi connectivity index (χ1v) is 7.78. The highest BCUT2D eigenvalue weighted by Gasteiger charge is 2.12. The van der Waals surface area contributed by atoms with Gasteiger partial charge in [-0.05, 0) is 18.4 Å². The molecule has 0 bridgehead atoms. The molecule has 0 heterocycles. The van der Waals surface area contributed by atoms with Gasteiger partial charge in [0, 0.05) is 6.54 Å². The molecule has 0 aliphatic heterocycles. The molecule has 0 saturated carbocycles. The SMILES string of the molecule is N=C(N)NCCCC(C=O)NC(=O)CNC(=O)OCc1ccccc1. The van der Waals surface area contributed by atoms with Gasteiger partial charge in [0.05, 0.1) is 6.04 Å². The molecular weight excluding hydrogens is 326 g/mol. The number of guanidine groups is 1. The van der Waals surface area contributed by atoms with Crippen LogP contribution in [-0.4, -0.2) is 43.4 Å². The van der Waals surface area contributed by atoms with Gasteiger partial charge in [0.1, 0.15) is 19.4 Å². The van der Waals surface area contributed by atoms with E-state index in [2.05, 4.69) is 16.0 Å². The number of hydrogen-bond acceptors (Lipinski definition) is 5. The van der Waals surface area contributed by atoms with E-state index in [1.807, 2.05) is 30.3 Å². The fraction of sp³-hybridized carbons (Fsp3) is 0.375. The number of alkyl carbamates (subject to hydrolysis) is 1. The van der Waals surface area contributed by atoms with E-state index in [-0.39, 0.29) is 19.1 Å². The van der Waals surface area contributed by atoms with Crippen LogP contribution < -0.4 is 21.7 Å². The number of ether oxygens (including phenoxy) is 1. The second kappa shape index (κ2) is 11.4. The number of benzene rings is 1. The van der Waals surface area contributed by atoms with E-state index in [9.17, 15) is 14.4 Å². The third kappa shape index (κ3) is 9.59. The van der Waals surface area contributed by atoms with Gasteiger partial charge in [-0.15, -0.1) is 0 Å². The number of nitrogens with one attached hydrogen (secondary N) is 4. The number of nitrogens with two attached hydrogens (primary N) is 1.